The number of hydrogen-bond acceptors (Lipinski definition) is 5. The van der Waals surface area contributed by atoms with Gasteiger partial charge in [-0.2, -0.15) is 0 Å². The van der Waals surface area contributed by atoms with Gasteiger partial charge in [-0.25, -0.2) is 19.9 Å². The summed E-state index contributed by atoms with van der Waals surface area (Å²) >= 11 is 0. The Labute approximate surface area is 261 Å². The van der Waals surface area contributed by atoms with Crippen molar-refractivity contribution < 1.29 is 0 Å². The van der Waals surface area contributed by atoms with Crippen LogP contribution in [-0.4, -0.2) is 31.6 Å². The van der Waals surface area contributed by atoms with E-state index in [4.69, 9.17) is 19.9 Å². The van der Waals surface area contributed by atoms with Gasteiger partial charge in [0.25, 0.3) is 0 Å². The maximum atomic E-state index is 5.41. The predicted octanol–water partition coefficient (Wildman–Crippen LogP) is 9.13. The third kappa shape index (κ3) is 4.79. The molecule has 0 saturated carbocycles. The fourth-order valence-corrected chi connectivity index (χ4v) is 5.79. The molecule has 8 aromatic rings. The van der Waals surface area contributed by atoms with Gasteiger partial charge in [0.05, 0.1) is 11.2 Å². The summed E-state index contributed by atoms with van der Waals surface area (Å²) in [5.41, 5.74) is 8.15. The highest BCUT2D eigenvalue weighted by molar-refractivity contribution is 6.07. The first-order valence-electron chi connectivity index (χ1n) is 14.9. The van der Waals surface area contributed by atoms with Crippen molar-refractivity contribution in [1.29, 1.82) is 0 Å². The van der Waals surface area contributed by atoms with Crippen LogP contribution in [0, 0.1) is 0 Å². The number of anilines is 2. The maximum Gasteiger partial charge on any atom is 0.168 e. The van der Waals surface area contributed by atoms with Crippen molar-refractivity contribution in [3.8, 4) is 39.7 Å². The molecule has 6 nitrogen and oxygen atoms in total. The second kappa shape index (κ2) is 11.2. The Hall–Kier alpha value is -6.14. The fourth-order valence-electron chi connectivity index (χ4n) is 5.79. The summed E-state index contributed by atoms with van der Waals surface area (Å²) in [4.78, 5) is 23.0. The van der Waals surface area contributed by atoms with Crippen molar-refractivity contribution >= 4 is 33.6 Å². The molecule has 0 aliphatic rings. The van der Waals surface area contributed by atoms with Crippen LogP contribution >= 0.6 is 0 Å². The predicted molar refractivity (Wildman–Crippen MR) is 183 cm³/mol. The molecule has 5 aromatic carbocycles. The van der Waals surface area contributed by atoms with Gasteiger partial charge in [0.1, 0.15) is 17.0 Å². The number of rotatable bonds is 6. The zero-order valence-electron chi connectivity index (χ0n) is 24.6. The van der Waals surface area contributed by atoms with Gasteiger partial charge in [-0.15, -0.1) is 0 Å². The molecule has 0 aliphatic carbocycles. The van der Waals surface area contributed by atoms with Crippen molar-refractivity contribution in [2.45, 2.75) is 0 Å². The Morgan fingerprint density at radius 2 is 1.11 bits per heavy atom. The van der Waals surface area contributed by atoms with Crippen molar-refractivity contribution in [3.05, 3.63) is 152 Å². The third-order valence-corrected chi connectivity index (χ3v) is 8.02. The summed E-state index contributed by atoms with van der Waals surface area (Å²) in [6.45, 7) is 0. The van der Waals surface area contributed by atoms with E-state index >= 15 is 0 Å². The van der Waals surface area contributed by atoms with Crippen LogP contribution in [0.1, 0.15) is 0 Å². The highest BCUT2D eigenvalue weighted by atomic mass is 15.2. The molecular weight excluding hydrogens is 552 g/mol. The van der Waals surface area contributed by atoms with Crippen molar-refractivity contribution in [2.75, 3.05) is 11.9 Å². The zero-order valence-corrected chi connectivity index (χ0v) is 24.6. The molecule has 45 heavy (non-hydrogen) atoms. The molecule has 214 valence electrons. The summed E-state index contributed by atoms with van der Waals surface area (Å²) in [5.74, 6) is 2.13. The molecule has 0 fully saturated rings. The number of fused-ring (bicyclic) bond motifs is 3. The van der Waals surface area contributed by atoms with E-state index in [1.54, 1.807) is 0 Å². The highest BCUT2D eigenvalue weighted by Crippen LogP contribution is 2.38. The lowest BCUT2D eigenvalue weighted by Crippen LogP contribution is -2.14. The largest absolute Gasteiger partial charge is 0.328 e. The van der Waals surface area contributed by atoms with E-state index in [-0.39, 0.29) is 0 Å². The van der Waals surface area contributed by atoms with Gasteiger partial charge < -0.3 is 4.90 Å². The average Bonchev–Trinajstić information content (AvgIpc) is 3.45. The molecule has 0 saturated heterocycles. The van der Waals surface area contributed by atoms with Crippen molar-refractivity contribution in [1.82, 2.24) is 24.5 Å². The molecule has 0 spiro atoms. The number of aromatic nitrogens is 5. The molecule has 0 radical (unpaired) electrons. The van der Waals surface area contributed by atoms with Gasteiger partial charge in [-0.05, 0) is 18.2 Å². The normalized spacial score (nSPS) is 11.2. The van der Waals surface area contributed by atoms with Gasteiger partial charge in [-0.3, -0.25) is 4.57 Å². The Bertz CT molecular complexity index is 2210. The van der Waals surface area contributed by atoms with Crippen LogP contribution in [0.3, 0.4) is 0 Å². The molecule has 0 amide bonds. The number of benzene rings is 5. The molecule has 8 rings (SSSR count). The summed E-state index contributed by atoms with van der Waals surface area (Å²) in [6.07, 6.45) is 0. The quantitative estimate of drug-likeness (QED) is 0.196. The van der Waals surface area contributed by atoms with E-state index in [2.05, 4.69) is 58.0 Å². The van der Waals surface area contributed by atoms with E-state index in [0.717, 1.165) is 67.5 Å². The molecule has 0 aliphatic heterocycles. The highest BCUT2D eigenvalue weighted by Gasteiger charge is 2.23. The fraction of sp³-hybridized carbons (Fsp3) is 0.0256. The first-order valence-corrected chi connectivity index (χ1v) is 14.9. The number of para-hydroxylation sites is 2. The third-order valence-electron chi connectivity index (χ3n) is 8.02. The van der Waals surface area contributed by atoms with Crippen LogP contribution in [0.15, 0.2) is 152 Å². The molecule has 3 heterocycles. The lowest BCUT2D eigenvalue weighted by Gasteiger charge is -2.21. The number of hydrogen-bond donors (Lipinski definition) is 0. The SMILES string of the molecule is CN(c1ccccc1)c1nc2c(nc1-c1ccccc1)c1ccccc1n2-c1cc(-c2ccccc2)nc(-c2ccccc2)n1. The summed E-state index contributed by atoms with van der Waals surface area (Å²) in [7, 11) is 2.04. The monoisotopic (exact) mass is 580 g/mol. The lowest BCUT2D eigenvalue weighted by atomic mass is 10.1. The first kappa shape index (κ1) is 26.5. The Balaban J connectivity index is 1.45. The molecular formula is C39H28N6. The molecule has 0 atom stereocenters. The minimum atomic E-state index is 0.647. The summed E-state index contributed by atoms with van der Waals surface area (Å²) < 4.78 is 2.12. The summed E-state index contributed by atoms with van der Waals surface area (Å²) in [6, 6.07) is 51.2. The van der Waals surface area contributed by atoms with Crippen LogP contribution in [0.25, 0.3) is 61.8 Å². The zero-order chi connectivity index (χ0) is 30.2. The van der Waals surface area contributed by atoms with E-state index in [0.29, 0.717) is 5.82 Å². The minimum Gasteiger partial charge on any atom is -0.328 e. The molecule has 0 bridgehead atoms. The van der Waals surface area contributed by atoms with Gasteiger partial charge in [0, 0.05) is 40.9 Å². The second-order valence-corrected chi connectivity index (χ2v) is 10.8. The Morgan fingerprint density at radius 1 is 0.533 bits per heavy atom. The van der Waals surface area contributed by atoms with E-state index < -0.39 is 0 Å². The van der Waals surface area contributed by atoms with Gasteiger partial charge >= 0.3 is 0 Å². The topological polar surface area (TPSA) is 59.7 Å². The van der Waals surface area contributed by atoms with Crippen molar-refractivity contribution in [3.63, 3.8) is 0 Å². The van der Waals surface area contributed by atoms with E-state index in [9.17, 15) is 0 Å². The Morgan fingerprint density at radius 3 is 1.80 bits per heavy atom. The van der Waals surface area contributed by atoms with Crippen LogP contribution < -0.4 is 4.90 Å². The van der Waals surface area contributed by atoms with Crippen LogP contribution in [0.4, 0.5) is 11.5 Å². The average molecular weight is 581 g/mol. The maximum absolute atomic E-state index is 5.41. The van der Waals surface area contributed by atoms with E-state index in [1.165, 1.54) is 0 Å². The second-order valence-electron chi connectivity index (χ2n) is 10.8. The molecule has 0 unspecified atom stereocenters. The Kier molecular flexibility index (Phi) is 6.57. The minimum absolute atomic E-state index is 0.647. The molecule has 6 heteroatoms. The van der Waals surface area contributed by atoms with Gasteiger partial charge in [-0.1, -0.05) is 127 Å². The molecule has 0 N–H and O–H groups in total. The van der Waals surface area contributed by atoms with Crippen LogP contribution in [0.5, 0.6) is 0 Å². The summed E-state index contributed by atoms with van der Waals surface area (Å²) in [5, 5.41) is 1.01. The standard InChI is InChI=1S/C39H28N6/c1-44(30-22-12-5-13-23-30)38-35(28-18-8-3-9-19-28)42-36-31-24-14-15-25-33(31)45(39(36)43-38)34-26-32(27-16-6-2-7-17-27)40-37(41-34)29-20-10-4-11-21-29/h2-26H,1H3. The first-order chi connectivity index (χ1) is 22.2. The van der Waals surface area contributed by atoms with Gasteiger partial charge in [0.2, 0.25) is 0 Å². The number of nitrogens with zero attached hydrogens (tertiary/aromatic N) is 6. The van der Waals surface area contributed by atoms with Crippen molar-refractivity contribution in [2.24, 2.45) is 0 Å². The smallest absolute Gasteiger partial charge is 0.168 e. The van der Waals surface area contributed by atoms with Crippen LogP contribution in [-0.2, 0) is 0 Å². The van der Waals surface area contributed by atoms with Crippen LogP contribution in [0.2, 0.25) is 0 Å². The van der Waals surface area contributed by atoms with E-state index in [1.807, 2.05) is 110 Å². The van der Waals surface area contributed by atoms with Gasteiger partial charge in [0.15, 0.2) is 17.3 Å². The lowest BCUT2D eigenvalue weighted by molar-refractivity contribution is 1.02. The molecule has 3 aromatic heterocycles.